The topological polar surface area (TPSA) is 97.0 Å². The Morgan fingerprint density at radius 1 is 1.70 bits per heavy atom. The Bertz CT molecular complexity index is 137. The van der Waals surface area contributed by atoms with Crippen LogP contribution in [0.4, 0.5) is 0 Å². The highest BCUT2D eigenvalue weighted by Crippen LogP contribution is 1.83. The Morgan fingerprint density at radius 2 is 2.30 bits per heavy atom. The molecule has 0 aliphatic rings. The van der Waals surface area contributed by atoms with Crippen LogP contribution in [0, 0.1) is 0 Å². The van der Waals surface area contributed by atoms with Gasteiger partial charge in [0.15, 0.2) is 0 Å². The summed E-state index contributed by atoms with van der Waals surface area (Å²) >= 11 is 0. The van der Waals surface area contributed by atoms with Gasteiger partial charge in [-0.3, -0.25) is 0 Å². The molecule has 5 nitrogen and oxygen atoms in total. The molecule has 0 fully saturated rings. The molecule has 0 aliphatic carbocycles. The first-order valence-corrected chi connectivity index (χ1v) is 2.91. The molecule has 0 saturated heterocycles. The summed E-state index contributed by atoms with van der Waals surface area (Å²) in [6.07, 6.45) is 1.50. The molecule has 0 saturated carbocycles. The van der Waals surface area contributed by atoms with Crippen LogP contribution in [0.5, 0.6) is 0 Å². The quantitative estimate of drug-likeness (QED) is 0.269. The standard InChI is InChI=1S/C5H12N4O/c1-4(10)2-3-8-9-5(6)7/h3-4,10H,2H2,1H3,(H4,6,7,9). The normalized spacial score (nSPS) is 13.4. The van der Waals surface area contributed by atoms with Crippen molar-refractivity contribution in [3.8, 4) is 0 Å². The third kappa shape index (κ3) is 6.90. The summed E-state index contributed by atoms with van der Waals surface area (Å²) < 4.78 is 0. The Kier molecular flexibility index (Phi) is 4.23. The molecular formula is C5H12N4O. The predicted molar refractivity (Wildman–Crippen MR) is 40.6 cm³/mol. The highest BCUT2D eigenvalue weighted by atomic mass is 16.3. The molecule has 5 heteroatoms. The zero-order valence-corrected chi connectivity index (χ0v) is 5.86. The lowest BCUT2D eigenvalue weighted by atomic mass is 10.3. The van der Waals surface area contributed by atoms with E-state index in [1.165, 1.54) is 6.21 Å². The van der Waals surface area contributed by atoms with Crippen LogP contribution in [0.3, 0.4) is 0 Å². The number of guanidine groups is 1. The lowest BCUT2D eigenvalue weighted by molar-refractivity contribution is 0.204. The van der Waals surface area contributed by atoms with Crippen LogP contribution in [0.15, 0.2) is 10.2 Å². The average Bonchev–Trinajstić information content (AvgIpc) is 1.79. The van der Waals surface area contributed by atoms with Gasteiger partial charge in [0, 0.05) is 12.6 Å². The lowest BCUT2D eigenvalue weighted by Crippen LogP contribution is -2.21. The first kappa shape index (κ1) is 8.90. The lowest BCUT2D eigenvalue weighted by Gasteiger charge is -1.93. The Morgan fingerprint density at radius 3 is 2.70 bits per heavy atom. The molecule has 0 aromatic heterocycles. The van der Waals surface area contributed by atoms with Crippen molar-refractivity contribution in [2.24, 2.45) is 21.7 Å². The molecule has 5 N–H and O–H groups in total. The first-order valence-electron chi connectivity index (χ1n) is 2.91. The molecule has 0 amide bonds. The Hall–Kier alpha value is -1.10. The van der Waals surface area contributed by atoms with Crippen LogP contribution in [0.25, 0.3) is 0 Å². The van der Waals surface area contributed by atoms with E-state index in [1.54, 1.807) is 6.92 Å². The molecule has 1 atom stereocenters. The van der Waals surface area contributed by atoms with Crippen molar-refractivity contribution in [1.29, 1.82) is 0 Å². The van der Waals surface area contributed by atoms with Gasteiger partial charge in [-0.2, -0.15) is 5.10 Å². The average molecular weight is 144 g/mol. The number of aliphatic hydroxyl groups excluding tert-OH is 1. The SMILES string of the molecule is CC(O)CC=NN=C(N)N. The second-order valence-electron chi connectivity index (χ2n) is 1.91. The second kappa shape index (κ2) is 4.75. The van der Waals surface area contributed by atoms with Crippen LogP contribution >= 0.6 is 0 Å². The summed E-state index contributed by atoms with van der Waals surface area (Å²) in [5.41, 5.74) is 9.92. The maximum atomic E-state index is 8.72. The predicted octanol–water partition coefficient (Wildman–Crippen LogP) is -0.983. The number of hydrogen-bond acceptors (Lipinski definition) is 3. The van der Waals surface area contributed by atoms with Crippen molar-refractivity contribution in [2.45, 2.75) is 19.4 Å². The molecule has 10 heavy (non-hydrogen) atoms. The van der Waals surface area contributed by atoms with Crippen molar-refractivity contribution in [3.63, 3.8) is 0 Å². The first-order chi connectivity index (χ1) is 4.63. The fraction of sp³-hybridized carbons (Fsp3) is 0.600. The van der Waals surface area contributed by atoms with E-state index >= 15 is 0 Å². The van der Waals surface area contributed by atoms with Crippen molar-refractivity contribution >= 4 is 12.2 Å². The van der Waals surface area contributed by atoms with E-state index in [9.17, 15) is 0 Å². The van der Waals surface area contributed by atoms with Gasteiger partial charge < -0.3 is 16.6 Å². The summed E-state index contributed by atoms with van der Waals surface area (Å²) in [5, 5.41) is 15.5. The molecule has 0 aromatic rings. The minimum atomic E-state index is -0.405. The molecule has 0 spiro atoms. The number of nitrogens with zero attached hydrogens (tertiary/aromatic N) is 2. The number of aliphatic hydroxyl groups is 1. The molecule has 0 heterocycles. The number of hydrogen-bond donors (Lipinski definition) is 3. The van der Waals surface area contributed by atoms with Gasteiger partial charge >= 0.3 is 0 Å². The highest BCUT2D eigenvalue weighted by molar-refractivity contribution is 5.76. The second-order valence-corrected chi connectivity index (χ2v) is 1.91. The molecule has 0 radical (unpaired) electrons. The Labute approximate surface area is 59.4 Å². The highest BCUT2D eigenvalue weighted by Gasteiger charge is 1.88. The summed E-state index contributed by atoms with van der Waals surface area (Å²) in [4.78, 5) is 0. The van der Waals surface area contributed by atoms with Gasteiger partial charge in [-0.25, -0.2) is 0 Å². The molecule has 0 aromatic carbocycles. The van der Waals surface area contributed by atoms with Crippen LogP contribution < -0.4 is 11.5 Å². The van der Waals surface area contributed by atoms with Gasteiger partial charge in [0.2, 0.25) is 5.96 Å². The molecule has 0 aliphatic heterocycles. The molecule has 0 bridgehead atoms. The summed E-state index contributed by atoms with van der Waals surface area (Å²) in [5.74, 6) is -0.0816. The van der Waals surface area contributed by atoms with Crippen LogP contribution in [-0.4, -0.2) is 23.4 Å². The molecule has 0 rings (SSSR count). The van der Waals surface area contributed by atoms with Gasteiger partial charge in [-0.05, 0) is 6.92 Å². The molecule has 58 valence electrons. The van der Waals surface area contributed by atoms with E-state index in [4.69, 9.17) is 16.6 Å². The van der Waals surface area contributed by atoms with Crippen molar-refractivity contribution in [2.75, 3.05) is 0 Å². The fourth-order valence-electron chi connectivity index (χ4n) is 0.307. The maximum Gasteiger partial charge on any atom is 0.211 e. The van der Waals surface area contributed by atoms with E-state index in [2.05, 4.69) is 10.2 Å². The Balaban J connectivity index is 3.48. The van der Waals surface area contributed by atoms with Crippen LogP contribution in [-0.2, 0) is 0 Å². The van der Waals surface area contributed by atoms with Gasteiger partial charge in [0.1, 0.15) is 0 Å². The van der Waals surface area contributed by atoms with Crippen LogP contribution in [0.2, 0.25) is 0 Å². The van der Waals surface area contributed by atoms with Gasteiger partial charge in [0.05, 0.1) is 6.10 Å². The minimum Gasteiger partial charge on any atom is -0.393 e. The van der Waals surface area contributed by atoms with E-state index < -0.39 is 6.10 Å². The minimum absolute atomic E-state index is 0.0816. The summed E-state index contributed by atoms with van der Waals surface area (Å²) in [6, 6.07) is 0. The van der Waals surface area contributed by atoms with Crippen molar-refractivity contribution < 1.29 is 5.11 Å². The van der Waals surface area contributed by atoms with Gasteiger partial charge in [-0.15, -0.1) is 5.10 Å². The van der Waals surface area contributed by atoms with Gasteiger partial charge in [0.25, 0.3) is 0 Å². The van der Waals surface area contributed by atoms with Crippen molar-refractivity contribution in [3.05, 3.63) is 0 Å². The van der Waals surface area contributed by atoms with E-state index in [0.29, 0.717) is 6.42 Å². The smallest absolute Gasteiger partial charge is 0.211 e. The van der Waals surface area contributed by atoms with E-state index in [-0.39, 0.29) is 5.96 Å². The third-order valence-electron chi connectivity index (χ3n) is 0.701. The summed E-state index contributed by atoms with van der Waals surface area (Å²) in [7, 11) is 0. The number of rotatable bonds is 3. The third-order valence-corrected chi connectivity index (χ3v) is 0.701. The summed E-state index contributed by atoms with van der Waals surface area (Å²) in [6.45, 7) is 1.65. The van der Waals surface area contributed by atoms with E-state index in [1.807, 2.05) is 0 Å². The van der Waals surface area contributed by atoms with Crippen LogP contribution in [0.1, 0.15) is 13.3 Å². The molecule has 1 unspecified atom stereocenters. The monoisotopic (exact) mass is 144 g/mol. The zero-order valence-electron chi connectivity index (χ0n) is 5.86. The zero-order chi connectivity index (χ0) is 7.98. The number of nitrogens with two attached hydrogens (primary N) is 2. The maximum absolute atomic E-state index is 8.72. The van der Waals surface area contributed by atoms with Crippen molar-refractivity contribution in [1.82, 2.24) is 0 Å². The van der Waals surface area contributed by atoms with E-state index in [0.717, 1.165) is 0 Å². The molecular weight excluding hydrogens is 132 g/mol. The van der Waals surface area contributed by atoms with Gasteiger partial charge in [-0.1, -0.05) is 0 Å². The fourth-order valence-corrected chi connectivity index (χ4v) is 0.307. The largest absolute Gasteiger partial charge is 0.393 e.